The van der Waals surface area contributed by atoms with Crippen LogP contribution in [0.2, 0.25) is 0 Å². The quantitative estimate of drug-likeness (QED) is 0.221. The van der Waals surface area contributed by atoms with Crippen molar-refractivity contribution in [2.45, 2.75) is 69.2 Å². The summed E-state index contributed by atoms with van der Waals surface area (Å²) in [5.41, 5.74) is -2.95. The van der Waals surface area contributed by atoms with Crippen molar-refractivity contribution < 1.29 is 49.8 Å². The second-order valence-corrected chi connectivity index (χ2v) is 12.3. The Hall–Kier alpha value is -3.93. The van der Waals surface area contributed by atoms with Gasteiger partial charge < -0.3 is 41.1 Å². The van der Waals surface area contributed by atoms with E-state index in [4.69, 9.17) is 10.5 Å². The van der Waals surface area contributed by atoms with E-state index in [-0.39, 0.29) is 17.4 Å². The Labute approximate surface area is 234 Å². The van der Waals surface area contributed by atoms with Crippen molar-refractivity contribution in [1.82, 2.24) is 0 Å². The number of carbonyl (C=O) groups excluding carboxylic acids is 3. The number of primary amides is 1. The topological polar surface area (TPSA) is 211 Å². The number of ketones is 2. The number of carbonyl (C=O) groups is 3. The predicted molar refractivity (Wildman–Crippen MR) is 141 cm³/mol. The highest BCUT2D eigenvalue weighted by Crippen LogP contribution is 2.66. The van der Waals surface area contributed by atoms with Gasteiger partial charge in [-0.1, -0.05) is 31.3 Å². The standard InChI is InChI=1S/C30H31NO10/c1-11-6-5-7-27(2,3)28(11)9-12-16-18(13(32)8-15(41-4)21(16)28)22(34)20-17(12)23(35)29(39)10-14(33)19(26(31)38)24(36)30(29,40)25(20)37/h6,8,23,32,34-36,39-40H,5,7,9-10H2,1-4H3,(H2,31,38)/p-1/t23-,28-,29-,30+/m0/s1. The monoisotopic (exact) mass is 564 g/mol. The Morgan fingerprint density at radius 1 is 1.15 bits per heavy atom. The lowest BCUT2D eigenvalue weighted by Gasteiger charge is -2.54. The average Bonchev–Trinajstić information content (AvgIpc) is 3.24. The van der Waals surface area contributed by atoms with Gasteiger partial charge in [0, 0.05) is 34.4 Å². The number of nitrogens with two attached hydrogens (primary N) is 1. The third-order valence-corrected chi connectivity index (χ3v) is 10.2. The van der Waals surface area contributed by atoms with Crippen LogP contribution in [0.5, 0.6) is 17.2 Å². The molecule has 0 unspecified atom stereocenters. The third-order valence-electron chi connectivity index (χ3n) is 10.2. The number of methoxy groups -OCH3 is 1. The van der Waals surface area contributed by atoms with Crippen LogP contribution in [0.1, 0.15) is 73.2 Å². The molecule has 0 saturated carbocycles. The lowest BCUT2D eigenvalue weighted by molar-refractivity contribution is -0.350. The second-order valence-electron chi connectivity index (χ2n) is 12.3. The van der Waals surface area contributed by atoms with Gasteiger partial charge in [0.1, 0.15) is 29.0 Å². The molecule has 7 N–H and O–H groups in total. The molecule has 2 aromatic rings. The van der Waals surface area contributed by atoms with Gasteiger partial charge in [-0.2, -0.15) is 0 Å². The highest BCUT2D eigenvalue weighted by Gasteiger charge is 2.68. The Balaban J connectivity index is 1.79. The zero-order valence-corrected chi connectivity index (χ0v) is 22.9. The van der Waals surface area contributed by atoms with Crippen molar-refractivity contribution in [2.24, 2.45) is 11.1 Å². The van der Waals surface area contributed by atoms with Crippen molar-refractivity contribution in [2.75, 3.05) is 7.11 Å². The van der Waals surface area contributed by atoms with E-state index in [2.05, 4.69) is 19.9 Å². The molecule has 0 fully saturated rings. The van der Waals surface area contributed by atoms with Crippen LogP contribution in [0.25, 0.3) is 10.8 Å². The first-order valence-corrected chi connectivity index (χ1v) is 13.2. The van der Waals surface area contributed by atoms with Crippen LogP contribution in [-0.2, 0) is 21.4 Å². The van der Waals surface area contributed by atoms with E-state index in [9.17, 15) is 45.0 Å². The van der Waals surface area contributed by atoms with Gasteiger partial charge >= 0.3 is 0 Å². The summed E-state index contributed by atoms with van der Waals surface area (Å²) < 4.78 is 5.72. The first-order valence-electron chi connectivity index (χ1n) is 13.2. The summed E-state index contributed by atoms with van der Waals surface area (Å²) in [4.78, 5) is 38.8. The maximum atomic E-state index is 14.1. The van der Waals surface area contributed by atoms with Crippen LogP contribution < -0.4 is 15.6 Å². The normalized spacial score (nSPS) is 31.8. The molecule has 1 spiro atoms. The van der Waals surface area contributed by atoms with Crippen molar-refractivity contribution in [3.63, 3.8) is 0 Å². The van der Waals surface area contributed by atoms with Crippen molar-refractivity contribution in [3.8, 4) is 17.2 Å². The SMILES string of the molecule is COc1cc(O)c2c(O)c3c(c4c2c1[C@]1(C4)C(C)=CCCC1(C)C)[C@H](O)[C@@]1(O)CC(=O)C(C(N)=O)=C([O-])[C@@]1(O)C3=O. The largest absolute Gasteiger partial charge is 0.873 e. The number of fused-ring (bicyclic) bond motifs is 4. The van der Waals surface area contributed by atoms with Gasteiger partial charge in [0.2, 0.25) is 5.78 Å². The molecule has 4 atom stereocenters. The molecule has 4 aliphatic rings. The Kier molecular flexibility index (Phi) is 5.23. The number of aliphatic hydroxyl groups excluding tert-OH is 1. The van der Waals surface area contributed by atoms with Crippen LogP contribution in [0, 0.1) is 5.41 Å². The number of Topliss-reactive ketones (excluding diaryl/α,β-unsaturated/α-hetero) is 2. The molecule has 0 radical (unpaired) electrons. The smallest absolute Gasteiger partial charge is 0.251 e. The molecule has 216 valence electrons. The van der Waals surface area contributed by atoms with E-state index in [1.165, 1.54) is 13.2 Å². The number of ether oxygens (including phenoxy) is 1. The van der Waals surface area contributed by atoms with E-state index in [1.807, 2.05) is 6.92 Å². The third kappa shape index (κ3) is 2.76. The minimum absolute atomic E-state index is 0.149. The lowest BCUT2D eigenvalue weighted by Crippen LogP contribution is -2.71. The Morgan fingerprint density at radius 2 is 1.80 bits per heavy atom. The molecule has 11 nitrogen and oxygen atoms in total. The molecule has 0 saturated heterocycles. The van der Waals surface area contributed by atoms with Gasteiger partial charge in [0.25, 0.3) is 5.91 Å². The molecule has 41 heavy (non-hydrogen) atoms. The number of benzene rings is 2. The summed E-state index contributed by atoms with van der Waals surface area (Å²) in [7, 11) is 1.43. The minimum Gasteiger partial charge on any atom is -0.873 e. The van der Waals surface area contributed by atoms with Gasteiger partial charge in [-0.05, 0) is 37.2 Å². The van der Waals surface area contributed by atoms with Gasteiger partial charge in [0.15, 0.2) is 11.4 Å². The maximum Gasteiger partial charge on any atom is 0.251 e. The fraction of sp³-hybridized carbons (Fsp3) is 0.433. The number of aromatic hydroxyl groups is 2. The zero-order chi connectivity index (χ0) is 30.2. The molecule has 11 heteroatoms. The van der Waals surface area contributed by atoms with Crippen LogP contribution in [-0.4, -0.2) is 61.3 Å². The van der Waals surface area contributed by atoms with E-state index in [1.54, 1.807) is 0 Å². The number of phenols is 2. The van der Waals surface area contributed by atoms with E-state index in [0.717, 1.165) is 18.4 Å². The summed E-state index contributed by atoms with van der Waals surface area (Å²) >= 11 is 0. The number of aliphatic hydroxyl groups is 3. The van der Waals surface area contributed by atoms with Gasteiger partial charge in [-0.25, -0.2) is 0 Å². The van der Waals surface area contributed by atoms with E-state index in [0.29, 0.717) is 22.3 Å². The van der Waals surface area contributed by atoms with Gasteiger partial charge in [0.05, 0.1) is 23.6 Å². The summed E-state index contributed by atoms with van der Waals surface area (Å²) in [6, 6.07) is 1.32. The molecule has 1 amide bonds. The molecule has 0 aromatic heterocycles. The molecule has 6 rings (SSSR count). The van der Waals surface area contributed by atoms with Gasteiger partial charge in [-0.15, -0.1) is 0 Å². The van der Waals surface area contributed by atoms with Crippen LogP contribution in [0.4, 0.5) is 0 Å². The van der Waals surface area contributed by atoms with E-state index < -0.39 is 80.4 Å². The van der Waals surface area contributed by atoms with Crippen molar-refractivity contribution in [3.05, 3.63) is 51.3 Å². The number of phenolic OH excluding ortho intramolecular Hbond substituents is 2. The number of rotatable bonds is 2. The molecule has 0 bridgehead atoms. The summed E-state index contributed by atoms with van der Waals surface area (Å²) in [6.07, 6.45) is 0.369. The first kappa shape index (κ1) is 27.3. The highest BCUT2D eigenvalue weighted by molar-refractivity contribution is 6.24. The first-order chi connectivity index (χ1) is 19.0. The summed E-state index contributed by atoms with van der Waals surface area (Å²) in [5, 5.41) is 71.1. The van der Waals surface area contributed by atoms with Gasteiger partial charge in [-0.3, -0.25) is 14.4 Å². The van der Waals surface area contributed by atoms with Crippen LogP contribution in [0.3, 0.4) is 0 Å². The molecule has 0 heterocycles. The molecular formula is C30H30NO10-. The second kappa shape index (κ2) is 7.87. The van der Waals surface area contributed by atoms with Crippen molar-refractivity contribution in [1.29, 1.82) is 0 Å². The average molecular weight is 565 g/mol. The highest BCUT2D eigenvalue weighted by atomic mass is 16.5. The maximum absolute atomic E-state index is 14.1. The van der Waals surface area contributed by atoms with Crippen LogP contribution in [0.15, 0.2) is 29.0 Å². The minimum atomic E-state index is -3.52. The number of allylic oxidation sites excluding steroid dienone is 2. The fourth-order valence-corrected chi connectivity index (χ4v) is 8.09. The number of hydrogen-bond acceptors (Lipinski definition) is 10. The Morgan fingerprint density at radius 3 is 2.39 bits per heavy atom. The van der Waals surface area contributed by atoms with Crippen LogP contribution >= 0.6 is 0 Å². The molecule has 2 aromatic carbocycles. The molecular weight excluding hydrogens is 534 g/mol. The predicted octanol–water partition coefficient (Wildman–Crippen LogP) is 0.584. The molecule has 4 aliphatic carbocycles. The number of hydrogen-bond donors (Lipinski definition) is 6. The zero-order valence-electron chi connectivity index (χ0n) is 22.9. The van der Waals surface area contributed by atoms with Crippen molar-refractivity contribution >= 4 is 28.2 Å². The summed E-state index contributed by atoms with van der Waals surface area (Å²) in [5.74, 6) is -7.03. The lowest BCUT2D eigenvalue weighted by atomic mass is 9.54. The fourth-order valence-electron chi connectivity index (χ4n) is 8.09. The Bertz CT molecular complexity index is 1720. The molecule has 0 aliphatic heterocycles. The summed E-state index contributed by atoms with van der Waals surface area (Å²) in [6.45, 7) is 6.07. The number of amides is 1. The van der Waals surface area contributed by atoms with E-state index >= 15 is 0 Å².